The second kappa shape index (κ2) is 5.33. The fourth-order valence-electron chi connectivity index (χ4n) is 3.55. The molecular weight excluding hydrogens is 236 g/mol. The molecule has 3 N–H and O–H groups in total. The number of carbonyl (C=O) groups excluding carboxylic acids is 1. The van der Waals surface area contributed by atoms with E-state index in [1.54, 1.807) is 0 Å². The van der Waals surface area contributed by atoms with Crippen LogP contribution in [0.1, 0.15) is 43.6 Å². The van der Waals surface area contributed by atoms with Crippen LogP contribution >= 0.6 is 0 Å². The molecule has 0 saturated heterocycles. The second-order valence-electron chi connectivity index (χ2n) is 5.99. The van der Waals surface area contributed by atoms with Crippen molar-refractivity contribution in [1.82, 2.24) is 5.32 Å². The van der Waals surface area contributed by atoms with E-state index in [0.29, 0.717) is 18.0 Å². The summed E-state index contributed by atoms with van der Waals surface area (Å²) < 4.78 is 0. The monoisotopic (exact) mass is 258 g/mol. The minimum Gasteiger partial charge on any atom is -0.369 e. The largest absolute Gasteiger partial charge is 0.369 e. The highest BCUT2D eigenvalue weighted by molar-refractivity contribution is 5.77. The molecule has 0 radical (unpaired) electrons. The van der Waals surface area contributed by atoms with Crippen LogP contribution < -0.4 is 11.1 Å². The van der Waals surface area contributed by atoms with Gasteiger partial charge in [0.1, 0.15) is 0 Å². The van der Waals surface area contributed by atoms with Gasteiger partial charge in [0.15, 0.2) is 0 Å². The maximum atomic E-state index is 11.4. The molecule has 102 valence electrons. The van der Waals surface area contributed by atoms with Crippen molar-refractivity contribution < 1.29 is 4.79 Å². The van der Waals surface area contributed by atoms with Gasteiger partial charge < -0.3 is 11.1 Å². The Morgan fingerprint density at radius 1 is 1.16 bits per heavy atom. The molecule has 0 bridgehead atoms. The van der Waals surface area contributed by atoms with E-state index in [1.807, 2.05) is 0 Å². The molecule has 1 aromatic rings. The molecule has 1 aromatic carbocycles. The number of nitrogens with one attached hydrogen (secondary N) is 1. The Bertz CT molecular complexity index is 439. The van der Waals surface area contributed by atoms with Gasteiger partial charge in [-0.3, -0.25) is 4.79 Å². The van der Waals surface area contributed by atoms with E-state index in [2.05, 4.69) is 35.6 Å². The molecule has 0 spiro atoms. The fourth-order valence-corrected chi connectivity index (χ4v) is 3.55. The minimum atomic E-state index is -0.131. The predicted molar refractivity (Wildman–Crippen MR) is 75.7 cm³/mol. The van der Waals surface area contributed by atoms with Crippen molar-refractivity contribution in [1.29, 1.82) is 0 Å². The zero-order chi connectivity index (χ0) is 13.2. The van der Waals surface area contributed by atoms with Crippen LogP contribution in [0.2, 0.25) is 0 Å². The van der Waals surface area contributed by atoms with Crippen LogP contribution in [0.5, 0.6) is 0 Å². The smallest absolute Gasteiger partial charge is 0.222 e. The molecule has 2 atom stereocenters. The molecular formula is C16H22N2O. The van der Waals surface area contributed by atoms with E-state index in [4.69, 9.17) is 5.73 Å². The summed E-state index contributed by atoms with van der Waals surface area (Å²) in [6, 6.07) is 11.6. The molecule has 2 aliphatic rings. The average molecular weight is 258 g/mol. The summed E-state index contributed by atoms with van der Waals surface area (Å²) in [6.45, 7) is 0. The standard InChI is InChI=1S/C16H22N2O/c17-16(19)14-7-4-8-15(14)18-13-9-12(10-13)11-5-2-1-3-6-11/h1-3,5-6,12-15,18H,4,7-10H2,(H2,17,19)/t12?,13?,14-,15+/m1/s1. The van der Waals surface area contributed by atoms with E-state index in [9.17, 15) is 4.79 Å². The predicted octanol–water partition coefficient (Wildman–Crippen LogP) is 2.18. The highest BCUT2D eigenvalue weighted by Crippen LogP contribution is 2.38. The highest BCUT2D eigenvalue weighted by atomic mass is 16.1. The SMILES string of the molecule is NC(=O)[C@@H]1CCC[C@@H]1NC1CC(c2ccccc2)C1. The van der Waals surface area contributed by atoms with Gasteiger partial charge in [-0.15, -0.1) is 0 Å². The van der Waals surface area contributed by atoms with Crippen LogP contribution in [0.15, 0.2) is 30.3 Å². The zero-order valence-corrected chi connectivity index (χ0v) is 11.2. The number of benzene rings is 1. The number of carbonyl (C=O) groups is 1. The van der Waals surface area contributed by atoms with Crippen molar-refractivity contribution in [2.75, 3.05) is 0 Å². The minimum absolute atomic E-state index is 0.0516. The van der Waals surface area contributed by atoms with Gasteiger partial charge in [-0.25, -0.2) is 0 Å². The molecule has 1 amide bonds. The van der Waals surface area contributed by atoms with Gasteiger partial charge >= 0.3 is 0 Å². The maximum absolute atomic E-state index is 11.4. The van der Waals surface area contributed by atoms with E-state index < -0.39 is 0 Å². The molecule has 19 heavy (non-hydrogen) atoms. The van der Waals surface area contributed by atoms with Crippen molar-refractivity contribution in [2.24, 2.45) is 11.7 Å². The third-order valence-corrected chi connectivity index (χ3v) is 4.74. The zero-order valence-electron chi connectivity index (χ0n) is 11.2. The molecule has 3 rings (SSSR count). The Morgan fingerprint density at radius 2 is 1.89 bits per heavy atom. The summed E-state index contributed by atoms with van der Waals surface area (Å²) in [5, 5.41) is 3.65. The number of nitrogens with two attached hydrogens (primary N) is 1. The van der Waals surface area contributed by atoms with E-state index >= 15 is 0 Å². The fraction of sp³-hybridized carbons (Fsp3) is 0.562. The Morgan fingerprint density at radius 3 is 2.58 bits per heavy atom. The first-order chi connectivity index (χ1) is 9.24. The third kappa shape index (κ3) is 2.66. The van der Waals surface area contributed by atoms with Crippen molar-refractivity contribution >= 4 is 5.91 Å². The molecule has 2 saturated carbocycles. The topological polar surface area (TPSA) is 55.1 Å². The van der Waals surface area contributed by atoms with Gasteiger partial charge in [0.2, 0.25) is 5.91 Å². The van der Waals surface area contributed by atoms with Crippen molar-refractivity contribution in [3.05, 3.63) is 35.9 Å². The number of primary amides is 1. The Kier molecular flexibility index (Phi) is 3.56. The van der Waals surface area contributed by atoms with E-state index in [-0.39, 0.29) is 11.8 Å². The lowest BCUT2D eigenvalue weighted by molar-refractivity contribution is -0.122. The molecule has 3 nitrogen and oxygen atoms in total. The van der Waals surface area contributed by atoms with Crippen molar-refractivity contribution in [3.63, 3.8) is 0 Å². The normalized spacial score (nSPS) is 33.9. The first-order valence-corrected chi connectivity index (χ1v) is 7.34. The quantitative estimate of drug-likeness (QED) is 0.869. The lowest BCUT2D eigenvalue weighted by Crippen LogP contribution is -2.49. The van der Waals surface area contributed by atoms with Crippen LogP contribution in [0.4, 0.5) is 0 Å². The van der Waals surface area contributed by atoms with Gasteiger partial charge in [-0.2, -0.15) is 0 Å². The first kappa shape index (κ1) is 12.7. The maximum Gasteiger partial charge on any atom is 0.222 e. The van der Waals surface area contributed by atoms with E-state index in [1.165, 1.54) is 18.4 Å². The van der Waals surface area contributed by atoms with Crippen LogP contribution in [-0.4, -0.2) is 18.0 Å². The van der Waals surface area contributed by atoms with Gasteiger partial charge in [-0.05, 0) is 37.2 Å². The summed E-state index contributed by atoms with van der Waals surface area (Å²) >= 11 is 0. The molecule has 0 unspecified atom stereocenters. The number of hydrogen-bond acceptors (Lipinski definition) is 2. The summed E-state index contributed by atoms with van der Waals surface area (Å²) in [7, 11) is 0. The van der Waals surface area contributed by atoms with Crippen LogP contribution in [0.25, 0.3) is 0 Å². The average Bonchev–Trinajstić information content (AvgIpc) is 2.82. The molecule has 0 heterocycles. The molecule has 2 fully saturated rings. The molecule has 2 aliphatic carbocycles. The Balaban J connectivity index is 1.50. The highest BCUT2D eigenvalue weighted by Gasteiger charge is 2.37. The third-order valence-electron chi connectivity index (χ3n) is 4.74. The molecule has 0 aromatic heterocycles. The number of rotatable bonds is 4. The van der Waals surface area contributed by atoms with Crippen molar-refractivity contribution in [2.45, 2.75) is 50.1 Å². The Hall–Kier alpha value is -1.35. The first-order valence-electron chi connectivity index (χ1n) is 7.34. The number of hydrogen-bond donors (Lipinski definition) is 2. The second-order valence-corrected chi connectivity index (χ2v) is 5.99. The van der Waals surface area contributed by atoms with Gasteiger partial charge in [-0.1, -0.05) is 36.8 Å². The lowest BCUT2D eigenvalue weighted by Gasteiger charge is -2.39. The molecule has 0 aliphatic heterocycles. The summed E-state index contributed by atoms with van der Waals surface area (Å²) in [4.78, 5) is 11.4. The summed E-state index contributed by atoms with van der Waals surface area (Å²) in [5.74, 6) is 0.608. The van der Waals surface area contributed by atoms with Crippen LogP contribution in [0, 0.1) is 5.92 Å². The van der Waals surface area contributed by atoms with E-state index in [0.717, 1.165) is 19.3 Å². The number of amides is 1. The summed E-state index contributed by atoms with van der Waals surface area (Å²) in [5.41, 5.74) is 6.91. The van der Waals surface area contributed by atoms with Gasteiger partial charge in [0.25, 0.3) is 0 Å². The molecule has 3 heteroatoms. The Labute approximate surface area is 114 Å². The summed E-state index contributed by atoms with van der Waals surface area (Å²) in [6.07, 6.45) is 5.56. The van der Waals surface area contributed by atoms with Crippen molar-refractivity contribution in [3.8, 4) is 0 Å². The lowest BCUT2D eigenvalue weighted by atomic mass is 9.75. The van der Waals surface area contributed by atoms with Gasteiger partial charge in [0, 0.05) is 12.1 Å². The van der Waals surface area contributed by atoms with Crippen LogP contribution in [-0.2, 0) is 4.79 Å². The van der Waals surface area contributed by atoms with Gasteiger partial charge in [0.05, 0.1) is 5.92 Å². The van der Waals surface area contributed by atoms with Crippen LogP contribution in [0.3, 0.4) is 0 Å².